The highest BCUT2D eigenvalue weighted by atomic mass is 79.9. The van der Waals surface area contributed by atoms with Gasteiger partial charge in [0.2, 0.25) is 0 Å². The van der Waals surface area contributed by atoms with Gasteiger partial charge in [0.15, 0.2) is 0 Å². The molecule has 1 atom stereocenters. The number of nitrogens with one attached hydrogen (secondary N) is 2. The molecule has 1 aromatic rings. The molecule has 0 spiro atoms. The first kappa shape index (κ1) is 11.4. The zero-order valence-electron chi connectivity index (χ0n) is 8.96. The van der Waals surface area contributed by atoms with Gasteiger partial charge in [-0.25, -0.2) is 0 Å². The Morgan fingerprint density at radius 3 is 3.12 bits per heavy atom. The largest absolute Gasteiger partial charge is 0.382 e. The Hall–Kier alpha value is -1.05. The van der Waals surface area contributed by atoms with Crippen molar-refractivity contribution in [1.82, 2.24) is 5.32 Å². The van der Waals surface area contributed by atoms with Crippen LogP contribution >= 0.6 is 15.9 Å². The molecule has 0 aromatic heterocycles. The summed E-state index contributed by atoms with van der Waals surface area (Å²) in [4.78, 5) is 0. The van der Waals surface area contributed by atoms with Crippen LogP contribution in [0.4, 0.5) is 5.69 Å². The van der Waals surface area contributed by atoms with Crippen molar-refractivity contribution in [2.24, 2.45) is 0 Å². The van der Waals surface area contributed by atoms with Crippen LogP contribution in [0.15, 0.2) is 22.7 Å². The van der Waals surface area contributed by atoms with Crippen molar-refractivity contribution in [1.29, 1.82) is 5.26 Å². The first-order valence-corrected chi connectivity index (χ1v) is 6.26. The predicted molar refractivity (Wildman–Crippen MR) is 68.4 cm³/mol. The summed E-state index contributed by atoms with van der Waals surface area (Å²) < 4.78 is 0.939. The third kappa shape index (κ3) is 2.75. The summed E-state index contributed by atoms with van der Waals surface area (Å²) in [6.45, 7) is 1.99. The third-order valence-corrected chi connectivity index (χ3v) is 3.30. The molecule has 1 aromatic carbocycles. The molecular weight excluding hydrogens is 266 g/mol. The number of nitrogens with zero attached hydrogens (tertiary/aromatic N) is 1. The summed E-state index contributed by atoms with van der Waals surface area (Å²) in [6, 6.07) is 8.47. The molecule has 2 N–H and O–H groups in total. The van der Waals surface area contributed by atoms with E-state index in [9.17, 15) is 0 Å². The number of rotatable bonds is 3. The van der Waals surface area contributed by atoms with Crippen LogP contribution in [0.1, 0.15) is 18.4 Å². The van der Waals surface area contributed by atoms with E-state index in [1.807, 2.05) is 18.2 Å². The molecule has 1 aliphatic rings. The Balaban J connectivity index is 2.00. The second-order valence-corrected chi connectivity index (χ2v) is 4.89. The highest BCUT2D eigenvalue weighted by Crippen LogP contribution is 2.20. The summed E-state index contributed by atoms with van der Waals surface area (Å²) in [5.41, 5.74) is 1.60. The van der Waals surface area contributed by atoms with E-state index in [0.717, 1.165) is 23.2 Å². The Morgan fingerprint density at radius 1 is 1.56 bits per heavy atom. The average Bonchev–Trinajstić information content (AvgIpc) is 2.80. The number of hydrogen-bond acceptors (Lipinski definition) is 3. The standard InChI is InChI=1S/C12H14BrN3/c13-10-3-4-12(9(6-10)7-14)16-8-11-2-1-5-15-11/h3-4,6,11,15-16H,1-2,5,8H2. The van der Waals surface area contributed by atoms with Gasteiger partial charge in [-0.05, 0) is 37.6 Å². The average molecular weight is 280 g/mol. The van der Waals surface area contributed by atoms with Crippen LogP contribution in [0, 0.1) is 11.3 Å². The van der Waals surface area contributed by atoms with Gasteiger partial charge >= 0.3 is 0 Å². The lowest BCUT2D eigenvalue weighted by Gasteiger charge is -2.13. The summed E-state index contributed by atoms with van der Waals surface area (Å²) in [5.74, 6) is 0. The van der Waals surface area contributed by atoms with Gasteiger partial charge in [-0.3, -0.25) is 0 Å². The quantitative estimate of drug-likeness (QED) is 0.894. The maximum atomic E-state index is 9.01. The fourth-order valence-electron chi connectivity index (χ4n) is 1.93. The van der Waals surface area contributed by atoms with Crippen molar-refractivity contribution in [2.75, 3.05) is 18.4 Å². The predicted octanol–water partition coefficient (Wildman–Crippen LogP) is 2.48. The molecule has 16 heavy (non-hydrogen) atoms. The van der Waals surface area contributed by atoms with E-state index in [0.29, 0.717) is 11.6 Å². The molecule has 3 nitrogen and oxygen atoms in total. The fourth-order valence-corrected chi connectivity index (χ4v) is 2.29. The van der Waals surface area contributed by atoms with Crippen LogP contribution in [0.5, 0.6) is 0 Å². The molecule has 0 radical (unpaired) electrons. The van der Waals surface area contributed by atoms with Crippen molar-refractivity contribution in [3.63, 3.8) is 0 Å². The van der Waals surface area contributed by atoms with Crippen molar-refractivity contribution < 1.29 is 0 Å². The monoisotopic (exact) mass is 279 g/mol. The van der Waals surface area contributed by atoms with Gasteiger partial charge in [-0.2, -0.15) is 5.26 Å². The minimum absolute atomic E-state index is 0.537. The van der Waals surface area contributed by atoms with Gasteiger partial charge in [0.1, 0.15) is 6.07 Å². The maximum absolute atomic E-state index is 9.01. The molecule has 1 saturated heterocycles. The molecule has 4 heteroatoms. The lowest BCUT2D eigenvalue weighted by Crippen LogP contribution is -2.29. The molecule has 0 amide bonds. The second-order valence-electron chi connectivity index (χ2n) is 3.98. The van der Waals surface area contributed by atoms with E-state index in [2.05, 4.69) is 32.6 Å². The second kappa shape index (κ2) is 5.33. The minimum Gasteiger partial charge on any atom is -0.382 e. The first-order chi connectivity index (χ1) is 7.79. The van der Waals surface area contributed by atoms with Crippen LogP contribution in [0.25, 0.3) is 0 Å². The Morgan fingerprint density at radius 2 is 2.44 bits per heavy atom. The lowest BCUT2D eigenvalue weighted by molar-refractivity contribution is 0.633. The lowest BCUT2D eigenvalue weighted by atomic mass is 10.1. The number of benzene rings is 1. The molecule has 1 fully saturated rings. The Kier molecular flexibility index (Phi) is 3.81. The van der Waals surface area contributed by atoms with Gasteiger partial charge in [0.25, 0.3) is 0 Å². The normalized spacial score (nSPS) is 19.4. The van der Waals surface area contributed by atoms with Gasteiger partial charge in [-0.1, -0.05) is 15.9 Å². The molecule has 2 rings (SSSR count). The molecule has 1 aliphatic heterocycles. The van der Waals surface area contributed by atoms with Gasteiger partial charge in [0.05, 0.1) is 11.3 Å². The summed E-state index contributed by atoms with van der Waals surface area (Å²) in [5, 5.41) is 15.8. The Labute approximate surface area is 104 Å². The molecule has 1 heterocycles. The van der Waals surface area contributed by atoms with Crippen molar-refractivity contribution in [2.45, 2.75) is 18.9 Å². The summed E-state index contributed by atoms with van der Waals surface area (Å²) in [6.07, 6.45) is 2.46. The summed E-state index contributed by atoms with van der Waals surface area (Å²) in [7, 11) is 0. The molecule has 84 valence electrons. The van der Waals surface area contributed by atoms with E-state index in [-0.39, 0.29) is 0 Å². The van der Waals surface area contributed by atoms with Crippen molar-refractivity contribution >= 4 is 21.6 Å². The van der Waals surface area contributed by atoms with Crippen LogP contribution < -0.4 is 10.6 Å². The molecule has 0 bridgehead atoms. The van der Waals surface area contributed by atoms with Crippen molar-refractivity contribution in [3.8, 4) is 6.07 Å². The summed E-state index contributed by atoms with van der Waals surface area (Å²) >= 11 is 3.36. The Bertz CT molecular complexity index is 405. The topological polar surface area (TPSA) is 47.9 Å². The highest BCUT2D eigenvalue weighted by molar-refractivity contribution is 9.10. The molecule has 1 unspecified atom stereocenters. The number of hydrogen-bond donors (Lipinski definition) is 2. The van der Waals surface area contributed by atoms with Crippen LogP contribution in [0.2, 0.25) is 0 Å². The van der Waals surface area contributed by atoms with Crippen LogP contribution in [-0.4, -0.2) is 19.1 Å². The zero-order valence-corrected chi connectivity index (χ0v) is 10.5. The maximum Gasteiger partial charge on any atom is 0.101 e. The molecule has 0 saturated carbocycles. The van der Waals surface area contributed by atoms with Crippen LogP contribution in [-0.2, 0) is 0 Å². The number of anilines is 1. The van der Waals surface area contributed by atoms with E-state index < -0.39 is 0 Å². The van der Waals surface area contributed by atoms with Crippen molar-refractivity contribution in [3.05, 3.63) is 28.2 Å². The van der Waals surface area contributed by atoms with Gasteiger partial charge < -0.3 is 10.6 Å². The van der Waals surface area contributed by atoms with E-state index in [1.165, 1.54) is 12.8 Å². The van der Waals surface area contributed by atoms with Gasteiger partial charge in [0, 0.05) is 17.1 Å². The van der Waals surface area contributed by atoms with Crippen LogP contribution in [0.3, 0.4) is 0 Å². The number of halogens is 1. The molecule has 0 aliphatic carbocycles. The third-order valence-electron chi connectivity index (χ3n) is 2.80. The zero-order chi connectivity index (χ0) is 11.4. The first-order valence-electron chi connectivity index (χ1n) is 5.46. The van der Waals surface area contributed by atoms with E-state index >= 15 is 0 Å². The van der Waals surface area contributed by atoms with E-state index in [4.69, 9.17) is 5.26 Å². The highest BCUT2D eigenvalue weighted by Gasteiger charge is 2.13. The smallest absolute Gasteiger partial charge is 0.101 e. The van der Waals surface area contributed by atoms with Gasteiger partial charge in [-0.15, -0.1) is 0 Å². The molecular formula is C12H14BrN3. The number of nitriles is 1. The van der Waals surface area contributed by atoms with E-state index in [1.54, 1.807) is 0 Å². The minimum atomic E-state index is 0.537. The SMILES string of the molecule is N#Cc1cc(Br)ccc1NCC1CCCN1. The fraction of sp³-hybridized carbons (Fsp3) is 0.417.